The zero-order valence-electron chi connectivity index (χ0n) is 20.4. The minimum absolute atomic E-state index is 0.439. The summed E-state index contributed by atoms with van der Waals surface area (Å²) >= 11 is 0. The highest BCUT2D eigenvalue weighted by atomic mass is 16.5. The van der Waals surface area contributed by atoms with Crippen molar-refractivity contribution in [3.8, 4) is 0 Å². The predicted molar refractivity (Wildman–Crippen MR) is 141 cm³/mol. The lowest BCUT2D eigenvalue weighted by Crippen LogP contribution is -2.32. The van der Waals surface area contributed by atoms with E-state index in [4.69, 9.17) is 14.7 Å². The molecule has 34 heavy (non-hydrogen) atoms. The van der Waals surface area contributed by atoms with E-state index in [2.05, 4.69) is 52.0 Å². The Bertz CT molecular complexity index is 1050. The van der Waals surface area contributed by atoms with E-state index in [1.165, 1.54) is 18.4 Å². The summed E-state index contributed by atoms with van der Waals surface area (Å²) in [5.41, 5.74) is 2.20. The molecule has 6 nitrogen and oxygen atoms in total. The largest absolute Gasteiger partial charge is 0.373 e. The van der Waals surface area contributed by atoms with Gasteiger partial charge in [0, 0.05) is 32.1 Å². The van der Waals surface area contributed by atoms with Crippen molar-refractivity contribution in [3.05, 3.63) is 72.3 Å². The molecule has 0 aliphatic heterocycles. The molecule has 0 amide bonds. The molecular weight excluding hydrogens is 422 g/mol. The molecule has 1 aliphatic rings. The highest BCUT2D eigenvalue weighted by Gasteiger charge is 2.22. The van der Waals surface area contributed by atoms with Crippen LogP contribution in [0.1, 0.15) is 31.2 Å². The molecule has 3 aromatic rings. The van der Waals surface area contributed by atoms with Crippen LogP contribution < -0.4 is 15.5 Å². The highest BCUT2D eigenvalue weighted by Crippen LogP contribution is 2.28. The Balaban J connectivity index is 1.14. The Kier molecular flexibility index (Phi) is 8.88. The maximum absolute atomic E-state index is 5.69. The van der Waals surface area contributed by atoms with Crippen LogP contribution >= 0.6 is 0 Å². The summed E-state index contributed by atoms with van der Waals surface area (Å²) in [5.74, 6) is 2.43. The number of aromatic nitrogens is 2. The highest BCUT2D eigenvalue weighted by molar-refractivity contribution is 5.90. The van der Waals surface area contributed by atoms with Crippen LogP contribution in [0.5, 0.6) is 0 Å². The maximum Gasteiger partial charge on any atom is 0.225 e. The molecule has 4 rings (SSSR count). The van der Waals surface area contributed by atoms with E-state index in [0.29, 0.717) is 19.3 Å². The Hall–Kier alpha value is -2.96. The number of nitrogens with zero attached hydrogens (tertiary/aromatic N) is 3. The van der Waals surface area contributed by atoms with Crippen LogP contribution in [0.4, 0.5) is 11.8 Å². The van der Waals surface area contributed by atoms with Crippen LogP contribution in [0.25, 0.3) is 10.9 Å². The minimum atomic E-state index is 0.439. The summed E-state index contributed by atoms with van der Waals surface area (Å²) in [7, 11) is 4.06. The maximum atomic E-state index is 5.69. The lowest BCUT2D eigenvalue weighted by atomic mass is 9.86. The van der Waals surface area contributed by atoms with Gasteiger partial charge in [0.1, 0.15) is 5.82 Å². The van der Waals surface area contributed by atoms with Crippen LogP contribution in [-0.4, -0.2) is 49.8 Å². The van der Waals surface area contributed by atoms with Gasteiger partial charge in [-0.2, -0.15) is 4.98 Å². The van der Waals surface area contributed by atoms with Crippen molar-refractivity contribution >= 4 is 22.7 Å². The second-order valence-corrected chi connectivity index (χ2v) is 9.27. The molecule has 0 spiro atoms. The van der Waals surface area contributed by atoms with E-state index in [9.17, 15) is 0 Å². The van der Waals surface area contributed by atoms with Gasteiger partial charge in [0.2, 0.25) is 5.95 Å². The smallest absolute Gasteiger partial charge is 0.225 e. The van der Waals surface area contributed by atoms with Gasteiger partial charge in [0.15, 0.2) is 0 Å². The quantitative estimate of drug-likeness (QED) is 0.310. The summed E-state index contributed by atoms with van der Waals surface area (Å²) in [6, 6.07) is 18.9. The first-order valence-corrected chi connectivity index (χ1v) is 12.4. The van der Waals surface area contributed by atoms with Crippen molar-refractivity contribution in [1.29, 1.82) is 0 Å². The third kappa shape index (κ3) is 7.02. The van der Waals surface area contributed by atoms with Crippen LogP contribution in [0.15, 0.2) is 66.7 Å². The van der Waals surface area contributed by atoms with Crippen LogP contribution in [0.2, 0.25) is 0 Å². The zero-order valence-corrected chi connectivity index (χ0v) is 20.4. The van der Waals surface area contributed by atoms with Crippen LogP contribution in [-0.2, 0) is 11.3 Å². The number of ether oxygens (including phenoxy) is 1. The average molecular weight is 460 g/mol. The third-order valence-electron chi connectivity index (χ3n) is 6.37. The normalized spacial score (nSPS) is 18.4. The predicted octanol–water partition coefficient (Wildman–Crippen LogP) is 5.03. The number of hydrogen-bond donors (Lipinski definition) is 2. The number of fused-ring (bicyclic) bond motifs is 1. The van der Waals surface area contributed by atoms with Gasteiger partial charge in [0.25, 0.3) is 0 Å². The summed E-state index contributed by atoms with van der Waals surface area (Å²) in [6.45, 7) is 3.28. The number of para-hydroxylation sites is 1. The number of hydrogen-bond acceptors (Lipinski definition) is 6. The topological polar surface area (TPSA) is 62.3 Å². The molecule has 1 saturated carbocycles. The van der Waals surface area contributed by atoms with Gasteiger partial charge < -0.3 is 20.3 Å². The lowest BCUT2D eigenvalue weighted by molar-refractivity contribution is 0.148. The van der Waals surface area contributed by atoms with Crippen molar-refractivity contribution in [2.45, 2.75) is 38.3 Å². The molecule has 0 saturated heterocycles. The lowest BCUT2D eigenvalue weighted by Gasteiger charge is -2.29. The average Bonchev–Trinajstić information content (AvgIpc) is 2.86. The molecule has 0 bridgehead atoms. The Morgan fingerprint density at radius 1 is 0.941 bits per heavy atom. The fraction of sp³-hybridized carbons (Fsp3) is 0.429. The standard InChI is InChI=1S/C28H37N5O/c1-33(2)27-25-12-6-7-13-26(25)31-28(32-27)30-24-16-14-22(15-17-24)20-29-18-8-9-19-34-21-23-10-4-3-5-11-23/h3-13,22,24,29H,14-21H2,1-2H3,(H,30,31,32)/b9-8-/t22-,24+. The van der Waals surface area contributed by atoms with Crippen molar-refractivity contribution < 1.29 is 4.74 Å². The molecule has 1 aliphatic carbocycles. The molecule has 0 unspecified atom stereocenters. The van der Waals surface area contributed by atoms with E-state index in [1.54, 1.807) is 0 Å². The molecule has 1 aromatic heterocycles. The van der Waals surface area contributed by atoms with Crippen molar-refractivity contribution in [2.24, 2.45) is 5.92 Å². The molecule has 2 N–H and O–H groups in total. The van der Waals surface area contributed by atoms with Gasteiger partial charge in [-0.05, 0) is 55.8 Å². The molecule has 0 atom stereocenters. The van der Waals surface area contributed by atoms with Crippen LogP contribution in [0, 0.1) is 5.92 Å². The van der Waals surface area contributed by atoms with Gasteiger partial charge in [-0.15, -0.1) is 0 Å². The zero-order chi connectivity index (χ0) is 23.6. The van der Waals surface area contributed by atoms with E-state index >= 15 is 0 Å². The van der Waals surface area contributed by atoms with E-state index in [1.807, 2.05) is 44.4 Å². The minimum Gasteiger partial charge on any atom is -0.373 e. The van der Waals surface area contributed by atoms with Crippen LogP contribution in [0.3, 0.4) is 0 Å². The van der Waals surface area contributed by atoms with E-state index in [0.717, 1.165) is 54.5 Å². The molecule has 2 aromatic carbocycles. The molecule has 0 radical (unpaired) electrons. The van der Waals surface area contributed by atoms with Crippen molar-refractivity contribution in [1.82, 2.24) is 15.3 Å². The molecule has 1 heterocycles. The SMILES string of the molecule is CN(C)c1nc(N[C@H]2CC[C@@H](CNC/C=C\COCc3ccccc3)CC2)nc2ccccc12. The molecule has 1 fully saturated rings. The van der Waals surface area contributed by atoms with Gasteiger partial charge in [0.05, 0.1) is 18.7 Å². The fourth-order valence-electron chi connectivity index (χ4n) is 4.50. The second-order valence-electron chi connectivity index (χ2n) is 9.27. The molecule has 6 heteroatoms. The number of benzene rings is 2. The van der Waals surface area contributed by atoms with Crippen molar-refractivity contribution in [2.75, 3.05) is 44.0 Å². The Morgan fingerprint density at radius 2 is 1.71 bits per heavy atom. The fourth-order valence-corrected chi connectivity index (χ4v) is 4.50. The number of rotatable bonds is 11. The first-order valence-electron chi connectivity index (χ1n) is 12.4. The number of anilines is 2. The first kappa shape index (κ1) is 24.2. The van der Waals surface area contributed by atoms with Gasteiger partial charge in [-0.3, -0.25) is 0 Å². The van der Waals surface area contributed by atoms with Gasteiger partial charge >= 0.3 is 0 Å². The first-order chi connectivity index (χ1) is 16.7. The summed E-state index contributed by atoms with van der Waals surface area (Å²) in [5, 5.41) is 8.27. The van der Waals surface area contributed by atoms with E-state index < -0.39 is 0 Å². The van der Waals surface area contributed by atoms with Gasteiger partial charge in [-0.1, -0.05) is 54.6 Å². The Labute approximate surface area is 203 Å². The Morgan fingerprint density at radius 3 is 2.50 bits per heavy atom. The molecular formula is C28H37N5O. The number of nitrogens with one attached hydrogen (secondary N) is 2. The van der Waals surface area contributed by atoms with E-state index in [-0.39, 0.29) is 0 Å². The van der Waals surface area contributed by atoms with Gasteiger partial charge in [-0.25, -0.2) is 4.98 Å². The van der Waals surface area contributed by atoms with Crippen molar-refractivity contribution in [3.63, 3.8) is 0 Å². The third-order valence-corrected chi connectivity index (χ3v) is 6.37. The summed E-state index contributed by atoms with van der Waals surface area (Å²) < 4.78 is 5.69. The molecule has 180 valence electrons. The summed E-state index contributed by atoms with van der Waals surface area (Å²) in [6.07, 6.45) is 9.03. The second kappa shape index (κ2) is 12.5. The summed E-state index contributed by atoms with van der Waals surface area (Å²) in [4.78, 5) is 11.6. The monoisotopic (exact) mass is 459 g/mol.